The predicted octanol–water partition coefficient (Wildman–Crippen LogP) is 1.37. The Kier molecular flexibility index (Phi) is 3.47. The average Bonchev–Trinajstić information content (AvgIpc) is 2.27. The van der Waals surface area contributed by atoms with Crippen molar-refractivity contribution in [1.82, 2.24) is 9.97 Å². The number of aryl methyl sites for hydroxylation is 1. The van der Waals surface area contributed by atoms with Crippen molar-refractivity contribution in [3.05, 3.63) is 11.9 Å². The number of hydrogen-bond acceptors (Lipinski definition) is 5. The van der Waals surface area contributed by atoms with Gasteiger partial charge in [-0.2, -0.15) is 0 Å². The van der Waals surface area contributed by atoms with Gasteiger partial charge in [-0.1, -0.05) is 0 Å². The Balaban J connectivity index is 2.17. The minimum atomic E-state index is 0.363. The molecular formula is C12H20N4O. The van der Waals surface area contributed by atoms with Crippen LogP contribution in [-0.4, -0.2) is 35.8 Å². The van der Waals surface area contributed by atoms with Crippen LogP contribution < -0.4 is 10.6 Å². The summed E-state index contributed by atoms with van der Waals surface area (Å²) in [7, 11) is 1.78. The van der Waals surface area contributed by atoms with Crippen LogP contribution in [0.4, 0.5) is 11.6 Å². The number of nitrogens with two attached hydrogens (primary N) is 1. The maximum atomic E-state index is 5.76. The Morgan fingerprint density at radius 3 is 2.82 bits per heavy atom. The Hall–Kier alpha value is -1.36. The largest absolute Gasteiger partial charge is 0.384 e. The van der Waals surface area contributed by atoms with Gasteiger partial charge in [-0.3, -0.25) is 0 Å². The summed E-state index contributed by atoms with van der Waals surface area (Å²) in [6, 6.07) is 2.26. The van der Waals surface area contributed by atoms with Crippen LogP contribution in [0.25, 0.3) is 0 Å². The molecule has 1 aliphatic rings. The lowest BCUT2D eigenvalue weighted by atomic mass is 10.0. The zero-order valence-corrected chi connectivity index (χ0v) is 10.7. The number of hydrogen-bond donors (Lipinski definition) is 1. The molecular weight excluding hydrogens is 216 g/mol. The lowest BCUT2D eigenvalue weighted by Gasteiger charge is -2.38. The minimum absolute atomic E-state index is 0.363. The Labute approximate surface area is 102 Å². The second-order valence-electron chi connectivity index (χ2n) is 4.62. The Morgan fingerprint density at radius 1 is 1.47 bits per heavy atom. The van der Waals surface area contributed by atoms with Crippen LogP contribution in [0, 0.1) is 6.92 Å². The molecule has 1 aliphatic heterocycles. The van der Waals surface area contributed by atoms with Crippen LogP contribution in [0.15, 0.2) is 6.07 Å². The third kappa shape index (κ3) is 2.66. The van der Waals surface area contributed by atoms with Crippen LogP contribution in [0.3, 0.4) is 0 Å². The number of nitrogens with zero attached hydrogens (tertiary/aromatic N) is 3. The predicted molar refractivity (Wildman–Crippen MR) is 68.0 cm³/mol. The molecule has 5 heteroatoms. The summed E-state index contributed by atoms with van der Waals surface area (Å²) in [4.78, 5) is 10.8. The van der Waals surface area contributed by atoms with Gasteiger partial charge in [0.25, 0.3) is 0 Å². The van der Waals surface area contributed by atoms with Crippen LogP contribution in [0.2, 0.25) is 0 Å². The van der Waals surface area contributed by atoms with Gasteiger partial charge in [-0.05, 0) is 26.7 Å². The van der Waals surface area contributed by atoms with Gasteiger partial charge >= 0.3 is 0 Å². The summed E-state index contributed by atoms with van der Waals surface area (Å²) in [5, 5.41) is 0. The first kappa shape index (κ1) is 12.1. The van der Waals surface area contributed by atoms with E-state index in [1.807, 2.05) is 13.0 Å². The van der Waals surface area contributed by atoms with Gasteiger partial charge in [-0.15, -0.1) is 0 Å². The highest BCUT2D eigenvalue weighted by atomic mass is 16.5. The van der Waals surface area contributed by atoms with Crippen molar-refractivity contribution in [2.75, 3.05) is 24.3 Å². The lowest BCUT2D eigenvalue weighted by molar-refractivity contribution is 0.0719. The zero-order valence-electron chi connectivity index (χ0n) is 10.7. The summed E-state index contributed by atoms with van der Waals surface area (Å²) in [6.07, 6.45) is 2.42. The van der Waals surface area contributed by atoms with E-state index in [-0.39, 0.29) is 0 Å². The maximum Gasteiger partial charge on any atom is 0.134 e. The van der Waals surface area contributed by atoms with E-state index in [1.165, 1.54) is 0 Å². The second kappa shape index (κ2) is 4.87. The Morgan fingerprint density at radius 2 is 2.24 bits per heavy atom. The van der Waals surface area contributed by atoms with Crippen LogP contribution in [0.1, 0.15) is 25.6 Å². The Bertz CT molecular complexity index is 376. The van der Waals surface area contributed by atoms with E-state index in [0.717, 1.165) is 31.0 Å². The SMILES string of the molecule is COC1CCN(c2cc(N)nc(C)n2)C(C)C1. The van der Waals surface area contributed by atoms with E-state index in [1.54, 1.807) is 7.11 Å². The van der Waals surface area contributed by atoms with Gasteiger partial charge in [0.05, 0.1) is 6.10 Å². The molecule has 0 aromatic carbocycles. The van der Waals surface area contributed by atoms with Crippen LogP contribution in [-0.2, 0) is 4.74 Å². The first-order chi connectivity index (χ1) is 8.10. The first-order valence-electron chi connectivity index (χ1n) is 6.00. The molecule has 0 spiro atoms. The molecule has 94 valence electrons. The van der Waals surface area contributed by atoms with Gasteiger partial charge in [0.15, 0.2) is 0 Å². The minimum Gasteiger partial charge on any atom is -0.384 e. The van der Waals surface area contributed by atoms with E-state index < -0.39 is 0 Å². The molecule has 1 aromatic heterocycles. The van der Waals surface area contributed by atoms with Crippen molar-refractivity contribution in [1.29, 1.82) is 0 Å². The van der Waals surface area contributed by atoms with E-state index >= 15 is 0 Å². The van der Waals surface area contributed by atoms with Gasteiger partial charge in [0.2, 0.25) is 0 Å². The van der Waals surface area contributed by atoms with E-state index in [2.05, 4.69) is 21.8 Å². The third-order valence-electron chi connectivity index (χ3n) is 3.30. The fraction of sp³-hybridized carbons (Fsp3) is 0.667. The molecule has 0 bridgehead atoms. The fourth-order valence-corrected chi connectivity index (χ4v) is 2.41. The molecule has 0 saturated carbocycles. The monoisotopic (exact) mass is 236 g/mol. The van der Waals surface area contributed by atoms with E-state index in [4.69, 9.17) is 10.5 Å². The van der Waals surface area contributed by atoms with Crippen LogP contribution >= 0.6 is 0 Å². The summed E-state index contributed by atoms with van der Waals surface area (Å²) < 4.78 is 5.41. The zero-order chi connectivity index (χ0) is 12.4. The number of anilines is 2. The molecule has 1 fully saturated rings. The maximum absolute atomic E-state index is 5.76. The molecule has 1 aromatic rings. The van der Waals surface area contributed by atoms with Crippen molar-refractivity contribution in [3.63, 3.8) is 0 Å². The molecule has 0 amide bonds. The molecule has 17 heavy (non-hydrogen) atoms. The summed E-state index contributed by atoms with van der Waals surface area (Å²) in [5.74, 6) is 2.19. The summed E-state index contributed by atoms with van der Waals surface area (Å²) >= 11 is 0. The quantitative estimate of drug-likeness (QED) is 0.840. The highest BCUT2D eigenvalue weighted by Crippen LogP contribution is 2.25. The highest BCUT2D eigenvalue weighted by molar-refractivity contribution is 5.48. The molecule has 2 rings (SSSR count). The van der Waals surface area contributed by atoms with E-state index in [9.17, 15) is 0 Å². The standard InChI is InChI=1S/C12H20N4O/c1-8-6-10(17-3)4-5-16(8)12-7-11(13)14-9(2)15-12/h7-8,10H,4-6H2,1-3H3,(H2,13,14,15). The number of ether oxygens (including phenoxy) is 1. The van der Waals surface area contributed by atoms with Gasteiger partial charge in [0.1, 0.15) is 17.5 Å². The molecule has 2 unspecified atom stereocenters. The normalized spacial score (nSPS) is 25.0. The number of methoxy groups -OCH3 is 1. The third-order valence-corrected chi connectivity index (χ3v) is 3.30. The van der Waals surface area contributed by atoms with Crippen molar-refractivity contribution in [2.24, 2.45) is 0 Å². The summed E-state index contributed by atoms with van der Waals surface area (Å²) in [5.41, 5.74) is 5.76. The number of piperidine rings is 1. The smallest absolute Gasteiger partial charge is 0.134 e. The molecule has 5 nitrogen and oxygen atoms in total. The highest BCUT2D eigenvalue weighted by Gasteiger charge is 2.26. The molecule has 0 radical (unpaired) electrons. The van der Waals surface area contributed by atoms with Gasteiger partial charge in [-0.25, -0.2) is 9.97 Å². The van der Waals surface area contributed by atoms with E-state index in [0.29, 0.717) is 18.0 Å². The first-order valence-corrected chi connectivity index (χ1v) is 6.00. The number of aromatic nitrogens is 2. The van der Waals surface area contributed by atoms with Crippen molar-refractivity contribution < 1.29 is 4.74 Å². The topological polar surface area (TPSA) is 64.3 Å². The van der Waals surface area contributed by atoms with Crippen molar-refractivity contribution in [3.8, 4) is 0 Å². The molecule has 1 saturated heterocycles. The van der Waals surface area contributed by atoms with Gasteiger partial charge < -0.3 is 15.4 Å². The van der Waals surface area contributed by atoms with Gasteiger partial charge in [0, 0.05) is 25.8 Å². The van der Waals surface area contributed by atoms with Crippen molar-refractivity contribution in [2.45, 2.75) is 38.8 Å². The molecule has 2 N–H and O–H groups in total. The van der Waals surface area contributed by atoms with Crippen molar-refractivity contribution >= 4 is 11.6 Å². The lowest BCUT2D eigenvalue weighted by Crippen LogP contribution is -2.43. The summed E-state index contributed by atoms with van der Waals surface area (Å²) in [6.45, 7) is 5.01. The number of nitrogen functional groups attached to an aromatic ring is 1. The molecule has 2 heterocycles. The molecule has 0 aliphatic carbocycles. The molecule has 2 atom stereocenters. The number of rotatable bonds is 2. The van der Waals surface area contributed by atoms with Crippen LogP contribution in [0.5, 0.6) is 0 Å². The second-order valence-corrected chi connectivity index (χ2v) is 4.62. The average molecular weight is 236 g/mol. The fourth-order valence-electron chi connectivity index (χ4n) is 2.41.